The summed E-state index contributed by atoms with van der Waals surface area (Å²) in [6.07, 6.45) is 13.2. The first kappa shape index (κ1) is 11.3. The fraction of sp³-hybridized carbons (Fsp3) is 0.750. The first-order valence-corrected chi connectivity index (χ1v) is 5.80. The van der Waals surface area contributed by atoms with Gasteiger partial charge in [-0.05, 0) is 6.42 Å². The zero-order valence-corrected chi connectivity index (χ0v) is 9.50. The Hall–Kier alpha value is -0.790. The molecule has 0 fully saturated rings. The van der Waals surface area contributed by atoms with Gasteiger partial charge in [0.05, 0.1) is 0 Å². The summed E-state index contributed by atoms with van der Waals surface area (Å²) < 4.78 is 2.12. The number of hydrogen-bond acceptors (Lipinski definition) is 1. The molecule has 1 aromatic rings. The molecule has 0 saturated carbocycles. The number of unbranched alkanes of at least 4 members (excludes halogenated alkanes) is 5. The minimum atomic E-state index is 1.13. The number of aromatic nitrogens is 2. The summed E-state index contributed by atoms with van der Waals surface area (Å²) in [7, 11) is 2.07. The Kier molecular flexibility index (Phi) is 5.35. The van der Waals surface area contributed by atoms with Gasteiger partial charge >= 0.3 is 0 Å². The third kappa shape index (κ3) is 3.95. The molecule has 0 saturated heterocycles. The van der Waals surface area contributed by atoms with Gasteiger partial charge in [-0.3, -0.25) is 0 Å². The molecule has 1 heterocycles. The van der Waals surface area contributed by atoms with E-state index >= 15 is 0 Å². The molecular formula is C12H22N2. The molecule has 0 aliphatic heterocycles. The fourth-order valence-electron chi connectivity index (χ4n) is 1.70. The Bertz CT molecular complexity index is 240. The molecule has 2 nitrogen and oxygen atoms in total. The number of aryl methyl sites for hydroxylation is 2. The van der Waals surface area contributed by atoms with E-state index in [1.165, 1.54) is 44.3 Å². The van der Waals surface area contributed by atoms with Gasteiger partial charge in [-0.1, -0.05) is 39.0 Å². The third-order valence-corrected chi connectivity index (χ3v) is 2.67. The fourth-order valence-corrected chi connectivity index (χ4v) is 1.70. The molecule has 2 heteroatoms. The molecule has 1 rings (SSSR count). The van der Waals surface area contributed by atoms with Gasteiger partial charge in [-0.25, -0.2) is 4.98 Å². The summed E-state index contributed by atoms with van der Waals surface area (Å²) in [6, 6.07) is 0. The summed E-state index contributed by atoms with van der Waals surface area (Å²) >= 11 is 0. The van der Waals surface area contributed by atoms with Crippen molar-refractivity contribution in [3.05, 3.63) is 18.2 Å². The molecule has 0 aliphatic carbocycles. The van der Waals surface area contributed by atoms with Crippen LogP contribution < -0.4 is 0 Å². The maximum Gasteiger partial charge on any atom is 0.108 e. The molecule has 0 aliphatic rings. The summed E-state index contributed by atoms with van der Waals surface area (Å²) in [5.41, 5.74) is 0. The summed E-state index contributed by atoms with van der Waals surface area (Å²) in [6.45, 7) is 2.26. The SMILES string of the molecule is CCCCCCCCc1nccn1C. The van der Waals surface area contributed by atoms with E-state index in [0.29, 0.717) is 0 Å². The van der Waals surface area contributed by atoms with Crippen LogP contribution in [0.2, 0.25) is 0 Å². The Morgan fingerprint density at radius 1 is 1.14 bits per heavy atom. The van der Waals surface area contributed by atoms with E-state index in [4.69, 9.17) is 0 Å². The molecule has 0 N–H and O–H groups in total. The van der Waals surface area contributed by atoms with Crippen molar-refractivity contribution in [2.75, 3.05) is 0 Å². The van der Waals surface area contributed by atoms with Crippen LogP contribution in [0.5, 0.6) is 0 Å². The smallest absolute Gasteiger partial charge is 0.108 e. The highest BCUT2D eigenvalue weighted by Gasteiger charge is 1.97. The average molecular weight is 194 g/mol. The zero-order valence-electron chi connectivity index (χ0n) is 9.50. The van der Waals surface area contributed by atoms with Crippen LogP contribution in [0.15, 0.2) is 12.4 Å². The van der Waals surface area contributed by atoms with Crippen molar-refractivity contribution in [1.29, 1.82) is 0 Å². The van der Waals surface area contributed by atoms with Gasteiger partial charge in [-0.2, -0.15) is 0 Å². The maximum absolute atomic E-state index is 4.31. The molecule has 0 bridgehead atoms. The second-order valence-electron chi connectivity index (χ2n) is 3.97. The Morgan fingerprint density at radius 2 is 1.86 bits per heavy atom. The lowest BCUT2D eigenvalue weighted by molar-refractivity contribution is 0.595. The van der Waals surface area contributed by atoms with Gasteiger partial charge < -0.3 is 4.57 Å². The van der Waals surface area contributed by atoms with Crippen LogP contribution >= 0.6 is 0 Å². The van der Waals surface area contributed by atoms with Crippen LogP contribution in [0.4, 0.5) is 0 Å². The molecular weight excluding hydrogens is 172 g/mol. The summed E-state index contributed by atoms with van der Waals surface area (Å²) in [5.74, 6) is 1.22. The Labute approximate surface area is 87.4 Å². The summed E-state index contributed by atoms with van der Waals surface area (Å²) in [5, 5.41) is 0. The van der Waals surface area contributed by atoms with E-state index in [0.717, 1.165) is 6.42 Å². The van der Waals surface area contributed by atoms with E-state index in [-0.39, 0.29) is 0 Å². The van der Waals surface area contributed by atoms with Crippen LogP contribution in [0.25, 0.3) is 0 Å². The molecule has 14 heavy (non-hydrogen) atoms. The third-order valence-electron chi connectivity index (χ3n) is 2.67. The largest absolute Gasteiger partial charge is 0.338 e. The van der Waals surface area contributed by atoms with Crippen molar-refractivity contribution in [3.8, 4) is 0 Å². The van der Waals surface area contributed by atoms with E-state index in [1.807, 2.05) is 12.4 Å². The predicted octanol–water partition coefficient (Wildman–Crippen LogP) is 3.32. The van der Waals surface area contributed by atoms with Crippen molar-refractivity contribution < 1.29 is 0 Å². The van der Waals surface area contributed by atoms with Crippen LogP contribution in [-0.4, -0.2) is 9.55 Å². The molecule has 0 atom stereocenters. The van der Waals surface area contributed by atoms with Gasteiger partial charge in [0.25, 0.3) is 0 Å². The van der Waals surface area contributed by atoms with Crippen LogP contribution in [-0.2, 0) is 13.5 Å². The monoisotopic (exact) mass is 194 g/mol. The lowest BCUT2D eigenvalue weighted by Gasteiger charge is -2.01. The standard InChI is InChI=1S/C12H22N2/c1-3-4-5-6-7-8-9-12-13-10-11-14(12)2/h10-11H,3-9H2,1-2H3. The highest BCUT2D eigenvalue weighted by atomic mass is 15.0. The Morgan fingerprint density at radius 3 is 2.50 bits per heavy atom. The van der Waals surface area contributed by atoms with Gasteiger partial charge in [0, 0.05) is 25.9 Å². The highest BCUT2D eigenvalue weighted by molar-refractivity contribution is 4.90. The van der Waals surface area contributed by atoms with Crippen LogP contribution in [0, 0.1) is 0 Å². The summed E-state index contributed by atoms with van der Waals surface area (Å²) in [4.78, 5) is 4.31. The van der Waals surface area contributed by atoms with Crippen molar-refractivity contribution in [2.24, 2.45) is 7.05 Å². The first-order chi connectivity index (χ1) is 6.84. The predicted molar refractivity (Wildman–Crippen MR) is 60.3 cm³/mol. The zero-order chi connectivity index (χ0) is 10.2. The molecule has 80 valence electrons. The highest BCUT2D eigenvalue weighted by Crippen LogP contribution is 2.08. The maximum atomic E-state index is 4.31. The number of imidazole rings is 1. The minimum absolute atomic E-state index is 1.13. The number of hydrogen-bond donors (Lipinski definition) is 0. The van der Waals surface area contributed by atoms with Gasteiger partial charge in [-0.15, -0.1) is 0 Å². The quantitative estimate of drug-likeness (QED) is 0.609. The molecule has 0 spiro atoms. The minimum Gasteiger partial charge on any atom is -0.338 e. The van der Waals surface area contributed by atoms with Crippen molar-refractivity contribution in [3.63, 3.8) is 0 Å². The molecule has 0 aromatic carbocycles. The average Bonchev–Trinajstić information content (AvgIpc) is 2.58. The van der Waals surface area contributed by atoms with Gasteiger partial charge in [0.2, 0.25) is 0 Å². The first-order valence-electron chi connectivity index (χ1n) is 5.80. The lowest BCUT2D eigenvalue weighted by Crippen LogP contribution is -1.96. The van der Waals surface area contributed by atoms with E-state index in [1.54, 1.807) is 0 Å². The second kappa shape index (κ2) is 6.63. The molecule has 0 radical (unpaired) electrons. The van der Waals surface area contributed by atoms with E-state index in [9.17, 15) is 0 Å². The number of nitrogens with zero attached hydrogens (tertiary/aromatic N) is 2. The molecule has 0 amide bonds. The van der Waals surface area contributed by atoms with Crippen molar-refractivity contribution >= 4 is 0 Å². The normalized spacial score (nSPS) is 10.7. The van der Waals surface area contributed by atoms with Gasteiger partial charge in [0.15, 0.2) is 0 Å². The van der Waals surface area contributed by atoms with Crippen molar-refractivity contribution in [2.45, 2.75) is 51.9 Å². The molecule has 1 aromatic heterocycles. The molecule has 0 unspecified atom stereocenters. The lowest BCUT2D eigenvalue weighted by atomic mass is 10.1. The van der Waals surface area contributed by atoms with Crippen molar-refractivity contribution in [1.82, 2.24) is 9.55 Å². The van der Waals surface area contributed by atoms with Crippen LogP contribution in [0.1, 0.15) is 51.3 Å². The second-order valence-corrected chi connectivity index (χ2v) is 3.97. The topological polar surface area (TPSA) is 17.8 Å². The Balaban J connectivity index is 2.02. The number of rotatable bonds is 7. The van der Waals surface area contributed by atoms with E-state index < -0.39 is 0 Å². The van der Waals surface area contributed by atoms with E-state index in [2.05, 4.69) is 23.5 Å². The van der Waals surface area contributed by atoms with Gasteiger partial charge in [0.1, 0.15) is 5.82 Å². The van der Waals surface area contributed by atoms with Crippen LogP contribution in [0.3, 0.4) is 0 Å².